The zero-order valence-electron chi connectivity index (χ0n) is 18.9. The molecule has 4 aromatic rings. The molecule has 2 N–H and O–H groups in total. The molecule has 0 aliphatic heterocycles. The Labute approximate surface area is 201 Å². The SMILES string of the molecule is OB(O)c1cccc(N(c2ccc(C3=CCCC=C3)cc2)c2ccc(-c3ccccc3)cc2)c1. The molecule has 5 rings (SSSR count). The van der Waals surface area contributed by atoms with Gasteiger partial charge < -0.3 is 14.9 Å². The van der Waals surface area contributed by atoms with E-state index in [4.69, 9.17) is 0 Å². The van der Waals surface area contributed by atoms with E-state index in [-0.39, 0.29) is 0 Å². The average Bonchev–Trinajstić information content (AvgIpc) is 2.91. The lowest BCUT2D eigenvalue weighted by Crippen LogP contribution is -2.30. The zero-order valence-corrected chi connectivity index (χ0v) is 18.9. The Hall–Kier alpha value is -3.86. The van der Waals surface area contributed by atoms with Crippen molar-refractivity contribution in [1.29, 1.82) is 0 Å². The van der Waals surface area contributed by atoms with Crippen LogP contribution in [0.3, 0.4) is 0 Å². The molecule has 34 heavy (non-hydrogen) atoms. The Morgan fingerprint density at radius 3 is 1.85 bits per heavy atom. The van der Waals surface area contributed by atoms with Crippen LogP contribution in [0.1, 0.15) is 18.4 Å². The van der Waals surface area contributed by atoms with Crippen molar-refractivity contribution in [2.75, 3.05) is 4.90 Å². The van der Waals surface area contributed by atoms with Gasteiger partial charge in [-0.15, -0.1) is 0 Å². The van der Waals surface area contributed by atoms with Crippen molar-refractivity contribution in [2.45, 2.75) is 12.8 Å². The summed E-state index contributed by atoms with van der Waals surface area (Å²) in [5.41, 5.74) is 8.08. The van der Waals surface area contributed by atoms with E-state index < -0.39 is 7.12 Å². The molecular weight excluding hydrogens is 417 g/mol. The van der Waals surface area contributed by atoms with E-state index >= 15 is 0 Å². The second-order valence-corrected chi connectivity index (χ2v) is 8.40. The highest BCUT2D eigenvalue weighted by Gasteiger charge is 2.17. The predicted octanol–water partition coefficient (Wildman–Crippen LogP) is 6.24. The molecule has 4 heteroatoms. The summed E-state index contributed by atoms with van der Waals surface area (Å²) >= 11 is 0. The van der Waals surface area contributed by atoms with Gasteiger partial charge >= 0.3 is 7.12 Å². The third-order valence-electron chi connectivity index (χ3n) is 6.11. The zero-order chi connectivity index (χ0) is 23.3. The number of rotatable bonds is 6. The monoisotopic (exact) mass is 443 g/mol. The van der Waals surface area contributed by atoms with Crippen LogP contribution in [0.5, 0.6) is 0 Å². The lowest BCUT2D eigenvalue weighted by atomic mass is 9.80. The molecule has 0 bridgehead atoms. The number of benzene rings is 4. The summed E-state index contributed by atoms with van der Waals surface area (Å²) in [7, 11) is -1.52. The first-order chi connectivity index (χ1) is 16.7. The Balaban J connectivity index is 1.55. The van der Waals surface area contributed by atoms with E-state index in [0.717, 1.165) is 35.5 Å². The normalized spacial score (nSPS) is 12.8. The van der Waals surface area contributed by atoms with Gasteiger partial charge in [-0.25, -0.2) is 0 Å². The fraction of sp³-hybridized carbons (Fsp3) is 0.0667. The number of anilines is 3. The van der Waals surface area contributed by atoms with E-state index in [1.54, 1.807) is 6.07 Å². The highest BCUT2D eigenvalue weighted by molar-refractivity contribution is 6.58. The van der Waals surface area contributed by atoms with Gasteiger partial charge in [0, 0.05) is 17.1 Å². The van der Waals surface area contributed by atoms with Gasteiger partial charge in [-0.1, -0.05) is 85.0 Å². The molecule has 1 aliphatic rings. The Morgan fingerprint density at radius 2 is 1.24 bits per heavy atom. The summed E-state index contributed by atoms with van der Waals surface area (Å²) in [6.45, 7) is 0. The third-order valence-corrected chi connectivity index (χ3v) is 6.11. The van der Waals surface area contributed by atoms with Crippen molar-refractivity contribution in [3.05, 3.63) is 127 Å². The van der Waals surface area contributed by atoms with Gasteiger partial charge in [-0.05, 0) is 77.0 Å². The quantitative estimate of drug-likeness (QED) is 0.347. The van der Waals surface area contributed by atoms with Crippen LogP contribution < -0.4 is 10.4 Å². The molecule has 0 fully saturated rings. The largest absolute Gasteiger partial charge is 0.488 e. The van der Waals surface area contributed by atoms with Crippen LogP contribution in [-0.4, -0.2) is 17.2 Å². The summed E-state index contributed by atoms with van der Waals surface area (Å²) in [4.78, 5) is 2.13. The minimum absolute atomic E-state index is 0.456. The van der Waals surface area contributed by atoms with Crippen LogP contribution >= 0.6 is 0 Å². The van der Waals surface area contributed by atoms with Crippen molar-refractivity contribution in [2.24, 2.45) is 0 Å². The van der Waals surface area contributed by atoms with Crippen molar-refractivity contribution in [3.8, 4) is 11.1 Å². The van der Waals surface area contributed by atoms with E-state index in [0.29, 0.717) is 5.46 Å². The van der Waals surface area contributed by atoms with Crippen molar-refractivity contribution in [3.63, 3.8) is 0 Å². The lowest BCUT2D eigenvalue weighted by molar-refractivity contribution is 0.426. The van der Waals surface area contributed by atoms with Crippen LogP contribution in [0, 0.1) is 0 Å². The molecule has 166 valence electrons. The summed E-state index contributed by atoms with van der Waals surface area (Å²) < 4.78 is 0. The standard InChI is InChI=1S/C30H26BNO2/c33-31(34)27-12-7-13-30(22-27)32(28-18-14-25(15-19-28)23-8-3-1-4-9-23)29-20-16-26(17-21-29)24-10-5-2-6-11-24/h1,3-5,7-22,33-34H,2,6H2. The Bertz CT molecular complexity index is 1310. The van der Waals surface area contributed by atoms with Crippen molar-refractivity contribution in [1.82, 2.24) is 0 Å². The summed E-state index contributed by atoms with van der Waals surface area (Å²) in [6.07, 6.45) is 8.85. The molecule has 0 atom stereocenters. The minimum atomic E-state index is -1.52. The fourth-order valence-electron chi connectivity index (χ4n) is 4.34. The van der Waals surface area contributed by atoms with Crippen LogP contribution in [-0.2, 0) is 0 Å². The van der Waals surface area contributed by atoms with E-state index in [9.17, 15) is 10.0 Å². The molecular formula is C30H26BNO2. The van der Waals surface area contributed by atoms with Gasteiger partial charge in [0.25, 0.3) is 0 Å². The molecule has 1 aliphatic carbocycles. The molecule has 0 radical (unpaired) electrons. The highest BCUT2D eigenvalue weighted by Crippen LogP contribution is 2.36. The van der Waals surface area contributed by atoms with Crippen LogP contribution in [0.15, 0.2) is 121 Å². The maximum atomic E-state index is 9.74. The molecule has 4 aromatic carbocycles. The lowest BCUT2D eigenvalue weighted by Gasteiger charge is -2.26. The van der Waals surface area contributed by atoms with Gasteiger partial charge in [0.05, 0.1) is 0 Å². The first kappa shape index (κ1) is 22.0. The topological polar surface area (TPSA) is 43.7 Å². The molecule has 0 aromatic heterocycles. The second kappa shape index (κ2) is 9.96. The third kappa shape index (κ3) is 4.74. The summed E-state index contributed by atoms with van der Waals surface area (Å²) in [5, 5.41) is 19.5. The van der Waals surface area contributed by atoms with E-state index in [2.05, 4.69) is 83.8 Å². The maximum absolute atomic E-state index is 9.74. The van der Waals surface area contributed by atoms with E-state index in [1.165, 1.54) is 16.7 Å². The number of allylic oxidation sites excluding steroid dienone is 4. The number of hydrogen-bond donors (Lipinski definition) is 2. The second-order valence-electron chi connectivity index (χ2n) is 8.40. The molecule has 0 spiro atoms. The predicted molar refractivity (Wildman–Crippen MR) is 143 cm³/mol. The average molecular weight is 443 g/mol. The van der Waals surface area contributed by atoms with Gasteiger partial charge in [0.1, 0.15) is 0 Å². The fourth-order valence-corrected chi connectivity index (χ4v) is 4.34. The first-order valence-corrected chi connectivity index (χ1v) is 11.6. The summed E-state index contributed by atoms with van der Waals surface area (Å²) in [5.74, 6) is 0. The highest BCUT2D eigenvalue weighted by atomic mass is 16.4. The smallest absolute Gasteiger partial charge is 0.423 e. The van der Waals surface area contributed by atoms with Crippen LogP contribution in [0.2, 0.25) is 0 Å². The molecule has 0 heterocycles. The molecule has 0 saturated heterocycles. The Kier molecular flexibility index (Phi) is 6.43. The minimum Gasteiger partial charge on any atom is -0.423 e. The van der Waals surface area contributed by atoms with Gasteiger partial charge in [0.15, 0.2) is 0 Å². The van der Waals surface area contributed by atoms with Crippen LogP contribution in [0.4, 0.5) is 17.1 Å². The molecule has 3 nitrogen and oxygen atoms in total. The maximum Gasteiger partial charge on any atom is 0.488 e. The first-order valence-electron chi connectivity index (χ1n) is 11.6. The van der Waals surface area contributed by atoms with Gasteiger partial charge in [-0.2, -0.15) is 0 Å². The Morgan fingerprint density at radius 1 is 0.588 bits per heavy atom. The summed E-state index contributed by atoms with van der Waals surface area (Å²) in [6, 6.07) is 34.6. The van der Waals surface area contributed by atoms with Gasteiger partial charge in [-0.3, -0.25) is 0 Å². The van der Waals surface area contributed by atoms with Gasteiger partial charge in [0.2, 0.25) is 0 Å². The van der Waals surface area contributed by atoms with Crippen molar-refractivity contribution < 1.29 is 10.0 Å². The number of hydrogen-bond acceptors (Lipinski definition) is 3. The molecule has 0 saturated carbocycles. The molecule has 0 unspecified atom stereocenters. The number of nitrogens with zero attached hydrogens (tertiary/aromatic N) is 1. The van der Waals surface area contributed by atoms with E-state index in [1.807, 2.05) is 36.4 Å². The van der Waals surface area contributed by atoms with Crippen LogP contribution in [0.25, 0.3) is 16.7 Å². The van der Waals surface area contributed by atoms with Crippen molar-refractivity contribution >= 4 is 35.2 Å². The molecule has 0 amide bonds.